The molecule has 5 nitrogen and oxygen atoms in total. The summed E-state index contributed by atoms with van der Waals surface area (Å²) in [6.45, 7) is 0.365. The first-order chi connectivity index (χ1) is 13.2. The topological polar surface area (TPSA) is 71.1 Å². The number of amides is 2. The van der Waals surface area contributed by atoms with Gasteiger partial charge in [0.2, 0.25) is 0 Å². The summed E-state index contributed by atoms with van der Waals surface area (Å²) in [7, 11) is 0. The number of carbonyl (C=O) groups excluding carboxylic acids is 2. The standard InChI is InChI=1S/C21H19N3O2S/c1-27-19-11-5-3-9-17(19)21(26)24-18-10-4-2-8-16(18)20(25)23-14-15-7-6-12-22-13-15/h2-13H,14H2,1H3,(H,23,25)(H,24,26). The molecule has 0 saturated heterocycles. The lowest BCUT2D eigenvalue weighted by molar-refractivity contribution is 0.0951. The number of anilines is 1. The van der Waals surface area contributed by atoms with E-state index in [9.17, 15) is 9.59 Å². The van der Waals surface area contributed by atoms with Gasteiger partial charge < -0.3 is 10.6 Å². The highest BCUT2D eigenvalue weighted by Gasteiger charge is 2.15. The fourth-order valence-electron chi connectivity index (χ4n) is 2.59. The van der Waals surface area contributed by atoms with E-state index in [0.717, 1.165) is 10.5 Å². The van der Waals surface area contributed by atoms with E-state index >= 15 is 0 Å². The number of benzene rings is 2. The van der Waals surface area contributed by atoms with Crippen molar-refractivity contribution in [2.24, 2.45) is 0 Å². The van der Waals surface area contributed by atoms with E-state index in [1.807, 2.05) is 36.6 Å². The van der Waals surface area contributed by atoms with Crippen molar-refractivity contribution in [3.05, 3.63) is 89.7 Å². The molecule has 27 heavy (non-hydrogen) atoms. The zero-order valence-electron chi connectivity index (χ0n) is 14.8. The van der Waals surface area contributed by atoms with Gasteiger partial charge in [0, 0.05) is 23.8 Å². The number of para-hydroxylation sites is 1. The fourth-order valence-corrected chi connectivity index (χ4v) is 3.19. The number of nitrogens with one attached hydrogen (secondary N) is 2. The summed E-state index contributed by atoms with van der Waals surface area (Å²) >= 11 is 1.50. The molecule has 2 N–H and O–H groups in total. The van der Waals surface area contributed by atoms with Crippen molar-refractivity contribution < 1.29 is 9.59 Å². The second-order valence-electron chi connectivity index (χ2n) is 5.74. The van der Waals surface area contributed by atoms with Crippen molar-refractivity contribution in [2.45, 2.75) is 11.4 Å². The van der Waals surface area contributed by atoms with E-state index in [1.165, 1.54) is 11.8 Å². The average Bonchev–Trinajstić information content (AvgIpc) is 2.73. The normalized spacial score (nSPS) is 10.3. The summed E-state index contributed by atoms with van der Waals surface area (Å²) < 4.78 is 0. The van der Waals surface area contributed by atoms with Gasteiger partial charge in [-0.1, -0.05) is 30.3 Å². The molecule has 0 saturated carbocycles. The molecule has 6 heteroatoms. The Kier molecular flexibility index (Phi) is 6.22. The molecule has 1 aromatic heterocycles. The molecule has 0 radical (unpaired) electrons. The van der Waals surface area contributed by atoms with Crippen LogP contribution in [0, 0.1) is 0 Å². The Morgan fingerprint density at radius 3 is 2.41 bits per heavy atom. The van der Waals surface area contributed by atoms with Gasteiger partial charge in [0.15, 0.2) is 0 Å². The Morgan fingerprint density at radius 2 is 1.67 bits per heavy atom. The van der Waals surface area contributed by atoms with Crippen LogP contribution < -0.4 is 10.6 Å². The zero-order chi connectivity index (χ0) is 19.1. The van der Waals surface area contributed by atoms with Gasteiger partial charge in [-0.05, 0) is 42.2 Å². The molecule has 3 aromatic rings. The predicted molar refractivity (Wildman–Crippen MR) is 108 cm³/mol. The van der Waals surface area contributed by atoms with Crippen LogP contribution in [0.1, 0.15) is 26.3 Å². The van der Waals surface area contributed by atoms with Crippen molar-refractivity contribution in [3.63, 3.8) is 0 Å². The largest absolute Gasteiger partial charge is 0.348 e. The van der Waals surface area contributed by atoms with Crippen LogP contribution in [0.2, 0.25) is 0 Å². The van der Waals surface area contributed by atoms with Crippen molar-refractivity contribution in [3.8, 4) is 0 Å². The van der Waals surface area contributed by atoms with Crippen LogP contribution >= 0.6 is 11.8 Å². The highest BCUT2D eigenvalue weighted by atomic mass is 32.2. The smallest absolute Gasteiger partial charge is 0.256 e. The molecule has 2 amide bonds. The molecular formula is C21H19N3O2S. The molecule has 0 unspecified atom stereocenters. The monoisotopic (exact) mass is 377 g/mol. The summed E-state index contributed by atoms with van der Waals surface area (Å²) in [6, 6.07) is 18.0. The minimum atomic E-state index is -0.257. The van der Waals surface area contributed by atoms with Gasteiger partial charge >= 0.3 is 0 Å². The summed E-state index contributed by atoms with van der Waals surface area (Å²) in [6.07, 6.45) is 5.31. The number of pyridine rings is 1. The fraction of sp³-hybridized carbons (Fsp3) is 0.0952. The number of hydrogen-bond donors (Lipinski definition) is 2. The van der Waals surface area contributed by atoms with E-state index < -0.39 is 0 Å². The Balaban J connectivity index is 1.75. The Bertz CT molecular complexity index is 945. The van der Waals surface area contributed by atoms with Gasteiger partial charge in [-0.25, -0.2) is 0 Å². The van der Waals surface area contributed by atoms with Gasteiger partial charge in [-0.2, -0.15) is 0 Å². The second-order valence-corrected chi connectivity index (χ2v) is 6.59. The number of hydrogen-bond acceptors (Lipinski definition) is 4. The molecule has 0 atom stereocenters. The third-order valence-electron chi connectivity index (χ3n) is 3.95. The van der Waals surface area contributed by atoms with Gasteiger partial charge in [0.25, 0.3) is 11.8 Å². The molecule has 136 valence electrons. The molecular weight excluding hydrogens is 358 g/mol. The maximum atomic E-state index is 12.7. The summed E-state index contributed by atoms with van der Waals surface area (Å²) in [4.78, 5) is 30.2. The van der Waals surface area contributed by atoms with Crippen LogP contribution in [0.25, 0.3) is 0 Å². The van der Waals surface area contributed by atoms with Crippen LogP contribution in [0.15, 0.2) is 78.0 Å². The summed E-state index contributed by atoms with van der Waals surface area (Å²) in [5.41, 5.74) is 2.37. The molecule has 0 aliphatic rings. The first-order valence-corrected chi connectivity index (χ1v) is 9.62. The molecule has 1 heterocycles. The van der Waals surface area contributed by atoms with Crippen molar-refractivity contribution in [1.29, 1.82) is 0 Å². The zero-order valence-corrected chi connectivity index (χ0v) is 15.6. The van der Waals surface area contributed by atoms with Crippen LogP contribution in [0.3, 0.4) is 0 Å². The number of carbonyl (C=O) groups is 2. The summed E-state index contributed by atoms with van der Waals surface area (Å²) in [5, 5.41) is 5.71. The van der Waals surface area contributed by atoms with E-state index in [2.05, 4.69) is 15.6 Å². The Labute approximate surface area is 162 Å². The first kappa shape index (κ1) is 18.7. The van der Waals surface area contributed by atoms with Gasteiger partial charge in [-0.3, -0.25) is 14.6 Å². The third kappa shape index (κ3) is 4.74. The Hall–Kier alpha value is -3.12. The quantitative estimate of drug-likeness (QED) is 0.637. The van der Waals surface area contributed by atoms with E-state index in [-0.39, 0.29) is 11.8 Å². The predicted octanol–water partition coefficient (Wildman–Crippen LogP) is 3.99. The van der Waals surface area contributed by atoms with Crippen LogP contribution in [0.4, 0.5) is 5.69 Å². The molecule has 0 fully saturated rings. The Morgan fingerprint density at radius 1 is 0.926 bits per heavy atom. The average molecular weight is 377 g/mol. The lowest BCUT2D eigenvalue weighted by atomic mass is 10.1. The van der Waals surface area contributed by atoms with Crippen molar-refractivity contribution in [2.75, 3.05) is 11.6 Å². The molecule has 0 aliphatic carbocycles. The van der Waals surface area contributed by atoms with Gasteiger partial charge in [0.05, 0.1) is 16.8 Å². The number of thioether (sulfide) groups is 1. The van der Waals surface area contributed by atoms with E-state index in [4.69, 9.17) is 0 Å². The number of rotatable bonds is 6. The molecule has 0 spiro atoms. The van der Waals surface area contributed by atoms with Crippen LogP contribution in [-0.2, 0) is 6.54 Å². The van der Waals surface area contributed by atoms with Crippen LogP contribution in [-0.4, -0.2) is 23.1 Å². The van der Waals surface area contributed by atoms with Gasteiger partial charge in [0.1, 0.15) is 0 Å². The molecule has 3 rings (SSSR count). The minimum Gasteiger partial charge on any atom is -0.348 e. The lowest BCUT2D eigenvalue weighted by Crippen LogP contribution is -2.25. The minimum absolute atomic E-state index is 0.243. The highest BCUT2D eigenvalue weighted by molar-refractivity contribution is 7.98. The van der Waals surface area contributed by atoms with Gasteiger partial charge in [-0.15, -0.1) is 11.8 Å². The number of nitrogens with zero attached hydrogens (tertiary/aromatic N) is 1. The SMILES string of the molecule is CSc1ccccc1C(=O)Nc1ccccc1C(=O)NCc1cccnc1. The van der Waals surface area contributed by atoms with Crippen LogP contribution in [0.5, 0.6) is 0 Å². The van der Waals surface area contributed by atoms with E-state index in [1.54, 1.807) is 42.7 Å². The maximum absolute atomic E-state index is 12.7. The second kappa shape index (κ2) is 9.00. The molecule has 0 bridgehead atoms. The number of aromatic nitrogens is 1. The molecule has 0 aliphatic heterocycles. The summed E-state index contributed by atoms with van der Waals surface area (Å²) in [5.74, 6) is -0.500. The lowest BCUT2D eigenvalue weighted by Gasteiger charge is -2.13. The third-order valence-corrected chi connectivity index (χ3v) is 4.74. The molecule has 2 aromatic carbocycles. The van der Waals surface area contributed by atoms with Crippen molar-refractivity contribution >= 4 is 29.3 Å². The first-order valence-electron chi connectivity index (χ1n) is 8.39. The maximum Gasteiger partial charge on any atom is 0.256 e. The van der Waals surface area contributed by atoms with Crippen molar-refractivity contribution in [1.82, 2.24) is 10.3 Å². The highest BCUT2D eigenvalue weighted by Crippen LogP contribution is 2.22. The van der Waals surface area contributed by atoms with E-state index in [0.29, 0.717) is 23.4 Å².